The van der Waals surface area contributed by atoms with Crippen molar-refractivity contribution in [3.63, 3.8) is 0 Å². The first-order chi connectivity index (χ1) is 11.6. The Hall–Kier alpha value is -2.14. The minimum atomic E-state index is -0.294. The van der Waals surface area contributed by atoms with Crippen LogP contribution in [0.25, 0.3) is 0 Å². The van der Waals surface area contributed by atoms with Crippen molar-refractivity contribution in [3.05, 3.63) is 46.9 Å². The summed E-state index contributed by atoms with van der Waals surface area (Å²) in [5, 5.41) is 6.83. The molecular weight excluding hydrogens is 324 g/mol. The predicted molar refractivity (Wildman–Crippen MR) is 96.7 cm³/mol. The van der Waals surface area contributed by atoms with E-state index < -0.39 is 0 Å². The summed E-state index contributed by atoms with van der Waals surface area (Å²) in [5.74, 6) is 0.425. The summed E-state index contributed by atoms with van der Waals surface area (Å²) in [6.45, 7) is 1.86. The first-order valence-corrected chi connectivity index (χ1v) is 8.66. The highest BCUT2D eigenvalue weighted by atomic mass is 35.5. The van der Waals surface area contributed by atoms with E-state index in [-0.39, 0.29) is 11.6 Å². The lowest BCUT2D eigenvalue weighted by Crippen LogP contribution is -2.23. The van der Waals surface area contributed by atoms with Gasteiger partial charge in [0, 0.05) is 16.8 Å². The number of anilines is 2. The van der Waals surface area contributed by atoms with Gasteiger partial charge in [-0.15, -0.1) is 0 Å². The minimum Gasteiger partial charge on any atom is -0.366 e. The van der Waals surface area contributed by atoms with Crippen LogP contribution in [0.4, 0.5) is 11.5 Å². The first-order valence-electron chi connectivity index (χ1n) is 8.28. The van der Waals surface area contributed by atoms with E-state index in [1.165, 1.54) is 25.5 Å². The summed E-state index contributed by atoms with van der Waals surface area (Å²) in [5.41, 5.74) is 1.79. The Morgan fingerprint density at radius 1 is 1.17 bits per heavy atom. The molecule has 5 nitrogen and oxygen atoms in total. The summed E-state index contributed by atoms with van der Waals surface area (Å²) in [7, 11) is 0. The molecule has 1 saturated carbocycles. The zero-order chi connectivity index (χ0) is 16.9. The molecule has 6 heteroatoms. The number of rotatable bonds is 4. The van der Waals surface area contributed by atoms with Crippen LogP contribution in [-0.4, -0.2) is 21.9 Å². The van der Waals surface area contributed by atoms with Crippen molar-refractivity contribution < 1.29 is 4.79 Å². The maximum Gasteiger partial charge on any atom is 0.275 e. The summed E-state index contributed by atoms with van der Waals surface area (Å²) < 4.78 is 0. The van der Waals surface area contributed by atoms with Crippen LogP contribution < -0.4 is 10.6 Å². The molecule has 0 spiro atoms. The van der Waals surface area contributed by atoms with E-state index in [0.717, 1.165) is 24.2 Å². The molecule has 1 aliphatic carbocycles. The van der Waals surface area contributed by atoms with E-state index in [0.29, 0.717) is 16.8 Å². The normalized spacial score (nSPS) is 15.1. The van der Waals surface area contributed by atoms with Gasteiger partial charge in [0.15, 0.2) is 0 Å². The van der Waals surface area contributed by atoms with Gasteiger partial charge < -0.3 is 10.6 Å². The Morgan fingerprint density at radius 3 is 2.67 bits per heavy atom. The fraction of sp³-hybridized carbons (Fsp3) is 0.389. The lowest BCUT2D eigenvalue weighted by Gasteiger charge is -2.23. The molecule has 0 saturated heterocycles. The van der Waals surface area contributed by atoms with Gasteiger partial charge in [-0.1, -0.05) is 36.9 Å². The second-order valence-electron chi connectivity index (χ2n) is 6.13. The molecule has 0 atom stereocenters. The van der Waals surface area contributed by atoms with Gasteiger partial charge in [0.05, 0.1) is 12.4 Å². The number of carbonyl (C=O) groups is 1. The predicted octanol–water partition coefficient (Wildman–Crippen LogP) is 4.44. The Morgan fingerprint density at radius 2 is 1.96 bits per heavy atom. The van der Waals surface area contributed by atoms with Crippen molar-refractivity contribution in [1.29, 1.82) is 0 Å². The number of carbonyl (C=O) groups excluding carboxylic acids is 1. The largest absolute Gasteiger partial charge is 0.366 e. The number of nitrogens with zero attached hydrogens (tertiary/aromatic N) is 2. The lowest BCUT2D eigenvalue weighted by atomic mass is 9.96. The lowest BCUT2D eigenvalue weighted by molar-refractivity contribution is 0.102. The maximum atomic E-state index is 12.3. The van der Waals surface area contributed by atoms with E-state index in [1.54, 1.807) is 18.3 Å². The summed E-state index contributed by atoms with van der Waals surface area (Å²) >= 11 is 6.07. The molecule has 1 amide bonds. The van der Waals surface area contributed by atoms with Gasteiger partial charge in [-0.25, -0.2) is 9.97 Å². The van der Waals surface area contributed by atoms with Crippen molar-refractivity contribution in [2.45, 2.75) is 45.1 Å². The molecular formula is C18H21ClN4O. The SMILES string of the molecule is Cc1c(Cl)cccc1NC(=O)c1cnc(NC2CCCCC2)cn1. The molecule has 1 aromatic heterocycles. The molecule has 1 aliphatic rings. The van der Waals surface area contributed by atoms with E-state index in [1.807, 2.05) is 13.0 Å². The van der Waals surface area contributed by atoms with Crippen molar-refractivity contribution in [2.75, 3.05) is 10.6 Å². The standard InChI is InChI=1S/C18H21ClN4O/c1-12-14(19)8-5-9-15(12)23-18(24)16-10-21-17(11-20-16)22-13-6-3-2-4-7-13/h5,8-11,13H,2-4,6-7H2,1H3,(H,21,22)(H,23,24). The Kier molecular flexibility index (Phi) is 5.30. The Balaban J connectivity index is 1.64. The van der Waals surface area contributed by atoms with Crippen molar-refractivity contribution in [3.8, 4) is 0 Å². The molecule has 0 bridgehead atoms. The van der Waals surface area contributed by atoms with Crippen LogP contribution in [0, 0.1) is 6.92 Å². The number of nitrogens with one attached hydrogen (secondary N) is 2. The van der Waals surface area contributed by atoms with Gasteiger partial charge in [-0.3, -0.25) is 4.79 Å². The van der Waals surface area contributed by atoms with E-state index in [4.69, 9.17) is 11.6 Å². The molecule has 24 heavy (non-hydrogen) atoms. The van der Waals surface area contributed by atoms with E-state index in [9.17, 15) is 4.79 Å². The number of hydrogen-bond donors (Lipinski definition) is 2. The van der Waals surface area contributed by atoms with Crippen LogP contribution in [-0.2, 0) is 0 Å². The molecule has 0 unspecified atom stereocenters. The highest BCUT2D eigenvalue weighted by Gasteiger charge is 2.15. The molecule has 0 radical (unpaired) electrons. The van der Waals surface area contributed by atoms with Crippen molar-refractivity contribution in [2.24, 2.45) is 0 Å². The Labute approximate surface area is 146 Å². The highest BCUT2D eigenvalue weighted by Crippen LogP contribution is 2.23. The summed E-state index contributed by atoms with van der Waals surface area (Å²) in [6, 6.07) is 5.86. The van der Waals surface area contributed by atoms with Gasteiger partial charge in [0.2, 0.25) is 0 Å². The second kappa shape index (κ2) is 7.62. The molecule has 1 heterocycles. The summed E-state index contributed by atoms with van der Waals surface area (Å²) in [4.78, 5) is 20.8. The first kappa shape index (κ1) is 16.7. The van der Waals surface area contributed by atoms with Gasteiger partial charge in [0.1, 0.15) is 11.5 Å². The monoisotopic (exact) mass is 344 g/mol. The number of halogens is 1. The van der Waals surface area contributed by atoms with Crippen LogP contribution in [0.1, 0.15) is 48.2 Å². The maximum absolute atomic E-state index is 12.3. The van der Waals surface area contributed by atoms with Crippen LogP contribution in [0.5, 0.6) is 0 Å². The molecule has 1 fully saturated rings. The number of amides is 1. The van der Waals surface area contributed by atoms with Gasteiger partial charge in [0.25, 0.3) is 5.91 Å². The Bertz CT molecular complexity index is 711. The number of aromatic nitrogens is 2. The third-order valence-electron chi connectivity index (χ3n) is 4.36. The zero-order valence-corrected chi connectivity index (χ0v) is 14.4. The van der Waals surface area contributed by atoms with Gasteiger partial charge >= 0.3 is 0 Å². The number of hydrogen-bond acceptors (Lipinski definition) is 4. The average molecular weight is 345 g/mol. The third-order valence-corrected chi connectivity index (χ3v) is 4.77. The van der Waals surface area contributed by atoms with Crippen molar-refractivity contribution >= 4 is 29.0 Å². The minimum absolute atomic E-state index is 0.281. The van der Waals surface area contributed by atoms with Crippen LogP contribution >= 0.6 is 11.6 Å². The fourth-order valence-corrected chi connectivity index (χ4v) is 3.08. The van der Waals surface area contributed by atoms with Crippen molar-refractivity contribution in [1.82, 2.24) is 9.97 Å². The highest BCUT2D eigenvalue weighted by molar-refractivity contribution is 6.31. The topological polar surface area (TPSA) is 66.9 Å². The quantitative estimate of drug-likeness (QED) is 0.860. The molecule has 0 aliphatic heterocycles. The molecule has 2 aromatic rings. The fourth-order valence-electron chi connectivity index (χ4n) is 2.91. The average Bonchev–Trinajstić information content (AvgIpc) is 2.60. The summed E-state index contributed by atoms with van der Waals surface area (Å²) in [6.07, 6.45) is 9.27. The van der Waals surface area contributed by atoms with E-state index >= 15 is 0 Å². The third kappa shape index (κ3) is 4.03. The van der Waals surface area contributed by atoms with Crippen LogP contribution in [0.15, 0.2) is 30.6 Å². The van der Waals surface area contributed by atoms with Crippen LogP contribution in [0.2, 0.25) is 5.02 Å². The number of benzene rings is 1. The molecule has 3 rings (SSSR count). The smallest absolute Gasteiger partial charge is 0.275 e. The molecule has 1 aromatic carbocycles. The second-order valence-corrected chi connectivity index (χ2v) is 6.54. The molecule has 126 valence electrons. The molecule has 2 N–H and O–H groups in total. The van der Waals surface area contributed by atoms with E-state index in [2.05, 4.69) is 20.6 Å². The van der Waals surface area contributed by atoms with Gasteiger partial charge in [-0.2, -0.15) is 0 Å². The zero-order valence-electron chi connectivity index (χ0n) is 13.7. The van der Waals surface area contributed by atoms with Crippen LogP contribution in [0.3, 0.4) is 0 Å². The van der Waals surface area contributed by atoms with Gasteiger partial charge in [-0.05, 0) is 37.5 Å².